The van der Waals surface area contributed by atoms with E-state index in [1.54, 1.807) is 24.3 Å². The fraction of sp³-hybridized carbons (Fsp3) is 0.464. The van der Waals surface area contributed by atoms with Crippen molar-refractivity contribution < 1.29 is 23.9 Å². The standard InChI is InChI=1S/C28H34N2O5/c31-26-16-13-22-20-24(14-15-25(22)29-26)34-18-7-12-27(32)30(23-10-5-2-6-11-23)17-19-35-28(33)21-8-3-1-4-9-21/h1,3-4,8-9,14-15,20,23H,2,5-7,10-13,16-19H2,(H,29,31). The van der Waals surface area contributed by atoms with Crippen LogP contribution in [0.2, 0.25) is 0 Å². The van der Waals surface area contributed by atoms with Crippen molar-refractivity contribution in [3.8, 4) is 5.75 Å². The number of benzene rings is 2. The topological polar surface area (TPSA) is 84.9 Å². The highest BCUT2D eigenvalue weighted by molar-refractivity contribution is 5.94. The Morgan fingerprint density at radius 2 is 1.77 bits per heavy atom. The predicted octanol–water partition coefficient (Wildman–Crippen LogP) is 4.75. The fourth-order valence-electron chi connectivity index (χ4n) is 4.80. The molecule has 1 saturated carbocycles. The predicted molar refractivity (Wildman–Crippen MR) is 133 cm³/mol. The summed E-state index contributed by atoms with van der Waals surface area (Å²) in [7, 11) is 0. The molecule has 35 heavy (non-hydrogen) atoms. The number of nitrogens with one attached hydrogen (secondary N) is 1. The van der Waals surface area contributed by atoms with Crippen LogP contribution in [0.5, 0.6) is 5.75 Å². The third kappa shape index (κ3) is 7.07. The van der Waals surface area contributed by atoms with Crippen molar-refractivity contribution in [3.63, 3.8) is 0 Å². The first kappa shape index (κ1) is 24.8. The molecule has 1 aliphatic heterocycles. The fourth-order valence-corrected chi connectivity index (χ4v) is 4.80. The Balaban J connectivity index is 1.25. The van der Waals surface area contributed by atoms with Gasteiger partial charge >= 0.3 is 5.97 Å². The molecule has 2 aromatic carbocycles. The molecule has 7 nitrogen and oxygen atoms in total. The Kier molecular flexibility index (Phi) is 8.76. The second-order valence-electron chi connectivity index (χ2n) is 9.20. The molecule has 1 N–H and O–H groups in total. The maximum absolute atomic E-state index is 13.1. The van der Waals surface area contributed by atoms with E-state index in [2.05, 4.69) is 5.32 Å². The van der Waals surface area contributed by atoms with Crippen LogP contribution in [0.15, 0.2) is 48.5 Å². The molecule has 7 heteroatoms. The van der Waals surface area contributed by atoms with Gasteiger partial charge in [0, 0.05) is 24.6 Å². The molecule has 1 aliphatic carbocycles. The second kappa shape index (κ2) is 12.4. The normalized spacial score (nSPS) is 15.6. The number of fused-ring (bicyclic) bond motifs is 1. The average molecular weight is 479 g/mol. The summed E-state index contributed by atoms with van der Waals surface area (Å²) in [6.45, 7) is 1.05. The highest BCUT2D eigenvalue weighted by Gasteiger charge is 2.25. The number of nitrogens with zero attached hydrogens (tertiary/aromatic N) is 1. The van der Waals surface area contributed by atoms with Gasteiger partial charge < -0.3 is 19.7 Å². The van der Waals surface area contributed by atoms with Crippen molar-refractivity contribution in [1.29, 1.82) is 0 Å². The van der Waals surface area contributed by atoms with Crippen LogP contribution in [-0.2, 0) is 20.7 Å². The lowest BCUT2D eigenvalue weighted by atomic mass is 9.94. The summed E-state index contributed by atoms with van der Waals surface area (Å²) >= 11 is 0. The molecule has 1 heterocycles. The molecular weight excluding hydrogens is 444 g/mol. The van der Waals surface area contributed by atoms with Gasteiger partial charge in [-0.15, -0.1) is 0 Å². The molecule has 0 spiro atoms. The molecule has 0 radical (unpaired) electrons. The van der Waals surface area contributed by atoms with Crippen LogP contribution in [0.1, 0.15) is 67.3 Å². The smallest absolute Gasteiger partial charge is 0.338 e. The maximum Gasteiger partial charge on any atom is 0.338 e. The molecule has 0 bridgehead atoms. The van der Waals surface area contributed by atoms with Gasteiger partial charge in [-0.2, -0.15) is 0 Å². The van der Waals surface area contributed by atoms with Crippen LogP contribution in [0.4, 0.5) is 5.69 Å². The summed E-state index contributed by atoms with van der Waals surface area (Å²) in [5, 5.41) is 2.87. The number of amides is 2. The van der Waals surface area contributed by atoms with Crippen molar-refractivity contribution >= 4 is 23.5 Å². The molecule has 4 rings (SSSR count). The summed E-state index contributed by atoms with van der Waals surface area (Å²) in [5.41, 5.74) is 2.44. The number of ether oxygens (including phenoxy) is 2. The minimum absolute atomic E-state index is 0.0435. The Hall–Kier alpha value is -3.35. The quantitative estimate of drug-likeness (QED) is 0.394. The van der Waals surface area contributed by atoms with Crippen molar-refractivity contribution in [2.45, 2.75) is 63.8 Å². The van der Waals surface area contributed by atoms with Gasteiger partial charge in [-0.05, 0) is 61.6 Å². The molecular formula is C28H34N2O5. The molecule has 2 aliphatic rings. The van der Waals surface area contributed by atoms with Gasteiger partial charge in [0.2, 0.25) is 11.8 Å². The number of carbonyl (C=O) groups excluding carboxylic acids is 3. The molecule has 0 aromatic heterocycles. The number of carbonyl (C=O) groups is 3. The first-order valence-electron chi connectivity index (χ1n) is 12.7. The van der Waals surface area contributed by atoms with Gasteiger partial charge in [0.25, 0.3) is 0 Å². The van der Waals surface area contributed by atoms with E-state index in [1.165, 1.54) is 6.42 Å². The minimum Gasteiger partial charge on any atom is -0.494 e. The SMILES string of the molecule is O=C1CCc2cc(OCCCC(=O)N(CCOC(=O)c3ccccc3)C3CCCCC3)ccc2N1. The summed E-state index contributed by atoms with van der Waals surface area (Å²) in [5.74, 6) is 0.524. The van der Waals surface area contributed by atoms with Crippen LogP contribution in [0, 0.1) is 0 Å². The number of esters is 1. The minimum atomic E-state index is -0.361. The average Bonchev–Trinajstić information content (AvgIpc) is 2.90. The number of hydrogen-bond acceptors (Lipinski definition) is 5. The van der Waals surface area contributed by atoms with Gasteiger partial charge in [-0.1, -0.05) is 37.5 Å². The summed E-state index contributed by atoms with van der Waals surface area (Å²) in [6.07, 6.45) is 7.66. The van der Waals surface area contributed by atoms with Crippen LogP contribution < -0.4 is 10.1 Å². The van der Waals surface area contributed by atoms with E-state index in [9.17, 15) is 14.4 Å². The van der Waals surface area contributed by atoms with Crippen LogP contribution >= 0.6 is 0 Å². The number of anilines is 1. The number of aryl methyl sites for hydroxylation is 1. The van der Waals surface area contributed by atoms with Crippen molar-refractivity contribution in [2.75, 3.05) is 25.1 Å². The van der Waals surface area contributed by atoms with E-state index in [0.29, 0.717) is 44.4 Å². The number of rotatable bonds is 10. The third-order valence-electron chi connectivity index (χ3n) is 6.69. The summed E-state index contributed by atoms with van der Waals surface area (Å²) in [4.78, 5) is 38.8. The van der Waals surface area contributed by atoms with Gasteiger partial charge in [0.05, 0.1) is 18.7 Å². The molecule has 2 aromatic rings. The summed E-state index contributed by atoms with van der Waals surface area (Å²) in [6, 6.07) is 14.8. The van der Waals surface area contributed by atoms with Crippen molar-refractivity contribution in [3.05, 3.63) is 59.7 Å². The Morgan fingerprint density at radius 1 is 0.971 bits per heavy atom. The van der Waals surface area contributed by atoms with Gasteiger partial charge in [0.1, 0.15) is 12.4 Å². The molecule has 0 saturated heterocycles. The van der Waals surface area contributed by atoms with E-state index >= 15 is 0 Å². The second-order valence-corrected chi connectivity index (χ2v) is 9.20. The Labute approximate surface area is 206 Å². The lowest BCUT2D eigenvalue weighted by molar-refractivity contribution is -0.135. The Bertz CT molecular complexity index is 1020. The van der Waals surface area contributed by atoms with E-state index in [1.807, 2.05) is 29.2 Å². The molecule has 186 valence electrons. The van der Waals surface area contributed by atoms with E-state index in [-0.39, 0.29) is 30.4 Å². The largest absolute Gasteiger partial charge is 0.494 e. The maximum atomic E-state index is 13.1. The van der Waals surface area contributed by atoms with Crippen molar-refractivity contribution in [2.24, 2.45) is 0 Å². The molecule has 1 fully saturated rings. The van der Waals surface area contributed by atoms with Gasteiger partial charge in [0.15, 0.2) is 0 Å². The Morgan fingerprint density at radius 3 is 2.57 bits per heavy atom. The van der Waals surface area contributed by atoms with Gasteiger partial charge in [-0.25, -0.2) is 4.79 Å². The first-order valence-corrected chi connectivity index (χ1v) is 12.7. The first-order chi connectivity index (χ1) is 17.1. The lowest BCUT2D eigenvalue weighted by Crippen LogP contribution is -2.43. The molecule has 0 atom stereocenters. The van der Waals surface area contributed by atoms with Crippen LogP contribution in [0.3, 0.4) is 0 Å². The molecule has 0 unspecified atom stereocenters. The highest BCUT2D eigenvalue weighted by atomic mass is 16.5. The zero-order chi connectivity index (χ0) is 24.5. The lowest BCUT2D eigenvalue weighted by Gasteiger charge is -2.34. The van der Waals surface area contributed by atoms with Gasteiger partial charge in [-0.3, -0.25) is 9.59 Å². The van der Waals surface area contributed by atoms with Crippen LogP contribution in [0.25, 0.3) is 0 Å². The summed E-state index contributed by atoms with van der Waals surface area (Å²) < 4.78 is 11.3. The zero-order valence-corrected chi connectivity index (χ0v) is 20.2. The van der Waals surface area contributed by atoms with Crippen LogP contribution in [-0.4, -0.2) is 48.5 Å². The monoisotopic (exact) mass is 478 g/mol. The van der Waals surface area contributed by atoms with E-state index in [4.69, 9.17) is 9.47 Å². The third-order valence-corrected chi connectivity index (χ3v) is 6.69. The van der Waals surface area contributed by atoms with Crippen molar-refractivity contribution in [1.82, 2.24) is 4.90 Å². The zero-order valence-electron chi connectivity index (χ0n) is 20.2. The molecule has 2 amide bonds. The van der Waals surface area contributed by atoms with E-state index in [0.717, 1.165) is 42.7 Å². The number of hydrogen-bond donors (Lipinski definition) is 1. The van der Waals surface area contributed by atoms with E-state index < -0.39 is 0 Å². The highest BCUT2D eigenvalue weighted by Crippen LogP contribution is 2.27.